The number of benzene rings is 1. The van der Waals surface area contributed by atoms with Gasteiger partial charge in [0.25, 0.3) is 5.88 Å². The van der Waals surface area contributed by atoms with E-state index in [1.807, 2.05) is 13.0 Å². The molecule has 17 heavy (non-hydrogen) atoms. The van der Waals surface area contributed by atoms with Crippen LogP contribution in [0, 0.1) is 6.92 Å². The molecule has 0 spiro atoms. The van der Waals surface area contributed by atoms with Crippen molar-refractivity contribution >= 4 is 23.3 Å². The fourth-order valence-electron chi connectivity index (χ4n) is 1.54. The number of rotatable bonds is 3. The monoisotopic (exact) mass is 268 g/mol. The van der Waals surface area contributed by atoms with Crippen LogP contribution in [0.4, 0.5) is 0 Å². The summed E-state index contributed by atoms with van der Waals surface area (Å²) in [4.78, 5) is 0. The SMILES string of the molecule is Cc1ccc(C(C)C)c(Oc2nsnc2Cl)c1. The van der Waals surface area contributed by atoms with Gasteiger partial charge in [-0.3, -0.25) is 0 Å². The predicted molar refractivity (Wildman–Crippen MR) is 70.3 cm³/mol. The molecule has 0 bridgehead atoms. The molecule has 5 heteroatoms. The minimum atomic E-state index is 0.311. The van der Waals surface area contributed by atoms with Crippen LogP contribution in [0.5, 0.6) is 11.6 Å². The summed E-state index contributed by atoms with van der Waals surface area (Å²) in [6, 6.07) is 6.14. The Morgan fingerprint density at radius 3 is 2.65 bits per heavy atom. The molecule has 0 atom stereocenters. The molecule has 0 saturated carbocycles. The number of hydrogen-bond acceptors (Lipinski definition) is 4. The van der Waals surface area contributed by atoms with E-state index in [0.29, 0.717) is 17.0 Å². The summed E-state index contributed by atoms with van der Waals surface area (Å²) in [7, 11) is 0. The van der Waals surface area contributed by atoms with Crippen LogP contribution >= 0.6 is 23.3 Å². The first-order valence-corrected chi connectivity index (χ1v) is 6.45. The maximum atomic E-state index is 5.87. The van der Waals surface area contributed by atoms with E-state index in [2.05, 4.69) is 34.7 Å². The molecule has 0 saturated heterocycles. The summed E-state index contributed by atoms with van der Waals surface area (Å²) in [5.74, 6) is 1.56. The molecular weight excluding hydrogens is 256 g/mol. The van der Waals surface area contributed by atoms with Crippen molar-refractivity contribution in [3.8, 4) is 11.6 Å². The number of hydrogen-bond donors (Lipinski definition) is 0. The van der Waals surface area contributed by atoms with Gasteiger partial charge in [-0.05, 0) is 30.0 Å². The Morgan fingerprint density at radius 1 is 1.29 bits per heavy atom. The van der Waals surface area contributed by atoms with Crippen molar-refractivity contribution in [1.29, 1.82) is 0 Å². The van der Waals surface area contributed by atoms with E-state index < -0.39 is 0 Å². The number of aryl methyl sites for hydroxylation is 1. The van der Waals surface area contributed by atoms with Crippen LogP contribution < -0.4 is 4.74 Å². The normalized spacial score (nSPS) is 10.9. The Morgan fingerprint density at radius 2 is 2.06 bits per heavy atom. The molecule has 0 unspecified atom stereocenters. The molecule has 0 fully saturated rings. The van der Waals surface area contributed by atoms with E-state index in [-0.39, 0.29) is 0 Å². The standard InChI is InChI=1S/C12H13ClN2OS/c1-7(2)9-5-4-8(3)6-10(9)16-12-11(13)14-17-15-12/h4-7H,1-3H3. The van der Waals surface area contributed by atoms with Gasteiger partial charge in [0.2, 0.25) is 5.15 Å². The summed E-state index contributed by atoms with van der Waals surface area (Å²) in [5.41, 5.74) is 2.28. The maximum absolute atomic E-state index is 5.87. The van der Waals surface area contributed by atoms with Gasteiger partial charge in [0.15, 0.2) is 0 Å². The molecule has 3 nitrogen and oxygen atoms in total. The number of aromatic nitrogens is 2. The van der Waals surface area contributed by atoms with Crippen LogP contribution in [0.1, 0.15) is 30.9 Å². The molecule has 0 aliphatic carbocycles. The van der Waals surface area contributed by atoms with Crippen molar-refractivity contribution in [3.63, 3.8) is 0 Å². The first-order chi connectivity index (χ1) is 8.08. The van der Waals surface area contributed by atoms with Crippen molar-refractivity contribution in [2.45, 2.75) is 26.7 Å². The van der Waals surface area contributed by atoms with E-state index in [0.717, 1.165) is 28.6 Å². The van der Waals surface area contributed by atoms with Gasteiger partial charge in [0.05, 0.1) is 11.7 Å². The highest BCUT2D eigenvalue weighted by molar-refractivity contribution is 6.99. The quantitative estimate of drug-likeness (QED) is 0.827. The van der Waals surface area contributed by atoms with Gasteiger partial charge in [-0.2, -0.15) is 4.37 Å². The molecule has 0 N–H and O–H groups in total. The van der Waals surface area contributed by atoms with Crippen LogP contribution in [0.2, 0.25) is 5.15 Å². The minimum absolute atomic E-state index is 0.311. The Hall–Kier alpha value is -1.13. The van der Waals surface area contributed by atoms with E-state index in [9.17, 15) is 0 Å². The van der Waals surface area contributed by atoms with Gasteiger partial charge >= 0.3 is 0 Å². The highest BCUT2D eigenvalue weighted by Gasteiger charge is 2.13. The van der Waals surface area contributed by atoms with Gasteiger partial charge in [-0.1, -0.05) is 37.6 Å². The van der Waals surface area contributed by atoms with Crippen LogP contribution in [0.15, 0.2) is 18.2 Å². The zero-order valence-corrected chi connectivity index (χ0v) is 11.5. The summed E-state index contributed by atoms with van der Waals surface area (Å²) in [6.07, 6.45) is 0. The highest BCUT2D eigenvalue weighted by atomic mass is 35.5. The average Bonchev–Trinajstić information content (AvgIpc) is 2.64. The van der Waals surface area contributed by atoms with Crippen molar-refractivity contribution in [1.82, 2.24) is 8.75 Å². The van der Waals surface area contributed by atoms with Crippen molar-refractivity contribution in [2.24, 2.45) is 0 Å². The molecule has 1 heterocycles. The third kappa shape index (κ3) is 2.76. The Bertz CT molecular complexity index is 525. The third-order valence-corrected chi connectivity index (χ3v) is 3.28. The first kappa shape index (κ1) is 12.3. The predicted octanol–water partition coefficient (Wildman–Crippen LogP) is 4.42. The molecule has 0 radical (unpaired) electrons. The van der Waals surface area contributed by atoms with Crippen LogP contribution in [-0.2, 0) is 0 Å². The molecule has 2 aromatic rings. The number of halogens is 1. The third-order valence-electron chi connectivity index (χ3n) is 2.42. The van der Waals surface area contributed by atoms with Crippen molar-refractivity contribution in [2.75, 3.05) is 0 Å². The molecule has 90 valence electrons. The van der Waals surface area contributed by atoms with Gasteiger partial charge in [0, 0.05) is 0 Å². The van der Waals surface area contributed by atoms with Gasteiger partial charge in [-0.15, -0.1) is 4.37 Å². The van der Waals surface area contributed by atoms with Gasteiger partial charge in [0.1, 0.15) is 5.75 Å². The molecule has 1 aromatic heterocycles. The Balaban J connectivity index is 2.37. The second kappa shape index (κ2) is 5.02. The zero-order valence-electron chi connectivity index (χ0n) is 9.90. The summed E-state index contributed by atoms with van der Waals surface area (Å²) < 4.78 is 13.6. The van der Waals surface area contributed by atoms with Crippen molar-refractivity contribution < 1.29 is 4.74 Å². The van der Waals surface area contributed by atoms with E-state index in [1.54, 1.807) is 0 Å². The molecule has 0 amide bonds. The van der Waals surface area contributed by atoms with Crippen LogP contribution in [0.25, 0.3) is 0 Å². The average molecular weight is 269 g/mol. The Kier molecular flexibility index (Phi) is 3.64. The Labute approximate surface area is 110 Å². The highest BCUT2D eigenvalue weighted by Crippen LogP contribution is 2.33. The van der Waals surface area contributed by atoms with Crippen LogP contribution in [0.3, 0.4) is 0 Å². The topological polar surface area (TPSA) is 35.0 Å². The molecular formula is C12H13ClN2OS. The lowest BCUT2D eigenvalue weighted by atomic mass is 10.0. The van der Waals surface area contributed by atoms with E-state index in [4.69, 9.17) is 16.3 Å². The largest absolute Gasteiger partial charge is 0.435 e. The fourth-order valence-corrected chi connectivity index (χ4v) is 2.15. The van der Waals surface area contributed by atoms with Crippen LogP contribution in [-0.4, -0.2) is 8.75 Å². The lowest BCUT2D eigenvalue weighted by Gasteiger charge is -2.13. The fraction of sp³-hybridized carbons (Fsp3) is 0.333. The van der Waals surface area contributed by atoms with Crippen molar-refractivity contribution in [3.05, 3.63) is 34.5 Å². The number of nitrogens with zero attached hydrogens (tertiary/aromatic N) is 2. The summed E-state index contributed by atoms with van der Waals surface area (Å²) in [6.45, 7) is 6.27. The molecule has 0 aliphatic heterocycles. The lowest BCUT2D eigenvalue weighted by molar-refractivity contribution is 0.459. The summed E-state index contributed by atoms with van der Waals surface area (Å²) >= 11 is 6.92. The zero-order chi connectivity index (χ0) is 12.4. The second-order valence-corrected chi connectivity index (χ2v) is 5.04. The lowest BCUT2D eigenvalue weighted by Crippen LogP contribution is -1.95. The minimum Gasteiger partial charge on any atom is -0.435 e. The van der Waals surface area contributed by atoms with Gasteiger partial charge in [-0.25, -0.2) is 0 Å². The smallest absolute Gasteiger partial charge is 0.270 e. The van der Waals surface area contributed by atoms with E-state index >= 15 is 0 Å². The molecule has 1 aromatic carbocycles. The maximum Gasteiger partial charge on any atom is 0.270 e. The summed E-state index contributed by atoms with van der Waals surface area (Å²) in [5, 5.41) is 0.311. The number of ether oxygens (including phenoxy) is 1. The molecule has 2 rings (SSSR count). The van der Waals surface area contributed by atoms with Gasteiger partial charge < -0.3 is 4.74 Å². The van der Waals surface area contributed by atoms with E-state index in [1.165, 1.54) is 0 Å². The molecule has 0 aliphatic rings. The first-order valence-electron chi connectivity index (χ1n) is 5.34. The second-order valence-electron chi connectivity index (χ2n) is 4.16.